The number of benzene rings is 1. The quantitative estimate of drug-likeness (QED) is 0.844. The van der Waals surface area contributed by atoms with Crippen LogP contribution in [0.1, 0.15) is 36.8 Å². The number of halogens is 1. The minimum absolute atomic E-state index is 0.130. The molecule has 7 heteroatoms. The van der Waals surface area contributed by atoms with E-state index in [0.29, 0.717) is 23.0 Å². The minimum atomic E-state index is -0.130. The van der Waals surface area contributed by atoms with Crippen molar-refractivity contribution in [3.63, 3.8) is 0 Å². The first kappa shape index (κ1) is 18.3. The first-order chi connectivity index (χ1) is 12.6. The zero-order valence-corrected chi connectivity index (χ0v) is 15.2. The second-order valence-electron chi connectivity index (χ2n) is 6.73. The largest absolute Gasteiger partial charge is 0.335 e. The lowest BCUT2D eigenvalue weighted by Crippen LogP contribution is -2.43. The number of rotatable bonds is 5. The highest BCUT2D eigenvalue weighted by Crippen LogP contribution is 2.25. The fraction of sp³-hybridized carbons (Fsp3) is 0.421. The summed E-state index contributed by atoms with van der Waals surface area (Å²) in [7, 11) is 0. The number of aromatic nitrogens is 2. The molecule has 1 fully saturated rings. The predicted molar refractivity (Wildman–Crippen MR) is 99.5 cm³/mol. The molecule has 1 heterocycles. The molecule has 2 N–H and O–H groups in total. The van der Waals surface area contributed by atoms with Crippen LogP contribution in [-0.4, -0.2) is 21.9 Å². The zero-order valence-electron chi connectivity index (χ0n) is 14.5. The highest BCUT2D eigenvalue weighted by molar-refractivity contribution is 6.30. The van der Waals surface area contributed by atoms with Crippen LogP contribution in [0.5, 0.6) is 0 Å². The SMILES string of the molecule is N#Cc1cnn(CC2CCC(NC(=O)NCc3ccc(Cl)cc3)CC2)c1. The summed E-state index contributed by atoms with van der Waals surface area (Å²) >= 11 is 5.86. The Labute approximate surface area is 158 Å². The van der Waals surface area contributed by atoms with Crippen molar-refractivity contribution < 1.29 is 4.79 Å². The van der Waals surface area contributed by atoms with Crippen molar-refractivity contribution in [1.29, 1.82) is 5.26 Å². The molecule has 0 spiro atoms. The Bertz CT molecular complexity index is 772. The van der Waals surface area contributed by atoms with Crippen LogP contribution < -0.4 is 10.6 Å². The summed E-state index contributed by atoms with van der Waals surface area (Å²) in [4.78, 5) is 12.1. The average molecular weight is 372 g/mol. The summed E-state index contributed by atoms with van der Waals surface area (Å²) in [5.74, 6) is 0.539. The molecule has 3 rings (SSSR count). The van der Waals surface area contributed by atoms with Gasteiger partial charge in [0.2, 0.25) is 0 Å². The molecular formula is C19H22ClN5O. The zero-order chi connectivity index (χ0) is 18.4. The Morgan fingerprint density at radius 3 is 2.65 bits per heavy atom. The van der Waals surface area contributed by atoms with E-state index < -0.39 is 0 Å². The summed E-state index contributed by atoms with van der Waals surface area (Å²) in [5, 5.41) is 19.7. The van der Waals surface area contributed by atoms with Gasteiger partial charge in [0.05, 0.1) is 11.8 Å². The number of nitriles is 1. The van der Waals surface area contributed by atoms with E-state index in [-0.39, 0.29) is 12.1 Å². The van der Waals surface area contributed by atoms with Crippen molar-refractivity contribution in [3.8, 4) is 6.07 Å². The van der Waals surface area contributed by atoms with Gasteiger partial charge in [0, 0.05) is 30.4 Å². The van der Waals surface area contributed by atoms with Crippen molar-refractivity contribution in [2.24, 2.45) is 5.92 Å². The summed E-state index contributed by atoms with van der Waals surface area (Å²) in [6.45, 7) is 1.32. The van der Waals surface area contributed by atoms with Gasteiger partial charge in [-0.2, -0.15) is 10.4 Å². The third-order valence-electron chi connectivity index (χ3n) is 4.76. The number of carbonyl (C=O) groups excluding carboxylic acids is 1. The Hall–Kier alpha value is -2.52. The lowest BCUT2D eigenvalue weighted by Gasteiger charge is -2.29. The maximum Gasteiger partial charge on any atom is 0.315 e. The van der Waals surface area contributed by atoms with Gasteiger partial charge in [0.25, 0.3) is 0 Å². The van der Waals surface area contributed by atoms with E-state index in [0.717, 1.165) is 37.8 Å². The molecule has 6 nitrogen and oxygen atoms in total. The molecular weight excluding hydrogens is 350 g/mol. The van der Waals surface area contributed by atoms with Crippen LogP contribution in [0.2, 0.25) is 5.02 Å². The van der Waals surface area contributed by atoms with Crippen LogP contribution in [0.3, 0.4) is 0 Å². The Kier molecular flexibility index (Phi) is 6.13. The monoisotopic (exact) mass is 371 g/mol. The van der Waals surface area contributed by atoms with Crippen LogP contribution in [0.15, 0.2) is 36.7 Å². The predicted octanol–water partition coefficient (Wildman–Crippen LogP) is 3.47. The third-order valence-corrected chi connectivity index (χ3v) is 5.01. The number of nitrogens with zero attached hydrogens (tertiary/aromatic N) is 3. The van der Waals surface area contributed by atoms with Gasteiger partial charge in [-0.15, -0.1) is 0 Å². The lowest BCUT2D eigenvalue weighted by atomic mass is 9.86. The number of hydrogen-bond acceptors (Lipinski definition) is 3. The fourth-order valence-corrected chi connectivity index (χ4v) is 3.42. The van der Waals surface area contributed by atoms with Gasteiger partial charge in [0.15, 0.2) is 0 Å². The van der Waals surface area contributed by atoms with Crippen LogP contribution in [0.4, 0.5) is 4.79 Å². The first-order valence-electron chi connectivity index (χ1n) is 8.84. The van der Waals surface area contributed by atoms with Gasteiger partial charge >= 0.3 is 6.03 Å². The molecule has 136 valence electrons. The van der Waals surface area contributed by atoms with Gasteiger partial charge in [-0.05, 0) is 49.3 Å². The Morgan fingerprint density at radius 1 is 1.27 bits per heavy atom. The van der Waals surface area contributed by atoms with E-state index in [1.807, 2.05) is 28.9 Å². The molecule has 26 heavy (non-hydrogen) atoms. The van der Waals surface area contributed by atoms with E-state index in [9.17, 15) is 4.79 Å². The van der Waals surface area contributed by atoms with Gasteiger partial charge in [-0.3, -0.25) is 4.68 Å². The smallest absolute Gasteiger partial charge is 0.315 e. The molecule has 2 amide bonds. The van der Waals surface area contributed by atoms with Crippen LogP contribution in [0.25, 0.3) is 0 Å². The number of amides is 2. The summed E-state index contributed by atoms with van der Waals surface area (Å²) in [5.41, 5.74) is 1.61. The van der Waals surface area contributed by atoms with Crippen molar-refractivity contribution in [3.05, 3.63) is 52.8 Å². The Morgan fingerprint density at radius 2 is 2.00 bits per heavy atom. The van der Waals surface area contributed by atoms with Gasteiger partial charge in [-0.25, -0.2) is 4.79 Å². The Balaban J connectivity index is 1.37. The van der Waals surface area contributed by atoms with E-state index in [1.165, 1.54) is 0 Å². The van der Waals surface area contributed by atoms with E-state index in [2.05, 4.69) is 21.8 Å². The number of nitrogens with one attached hydrogen (secondary N) is 2. The molecule has 0 radical (unpaired) electrons. The average Bonchev–Trinajstić information content (AvgIpc) is 3.10. The lowest BCUT2D eigenvalue weighted by molar-refractivity contribution is 0.222. The molecule has 1 aromatic heterocycles. The van der Waals surface area contributed by atoms with Gasteiger partial charge in [0.1, 0.15) is 6.07 Å². The molecule has 0 bridgehead atoms. The summed E-state index contributed by atoms with van der Waals surface area (Å²) in [6.07, 6.45) is 7.40. The van der Waals surface area contributed by atoms with E-state index >= 15 is 0 Å². The van der Waals surface area contributed by atoms with Gasteiger partial charge in [-0.1, -0.05) is 23.7 Å². The molecule has 0 atom stereocenters. The highest BCUT2D eigenvalue weighted by atomic mass is 35.5. The van der Waals surface area contributed by atoms with Crippen molar-refractivity contribution in [2.75, 3.05) is 0 Å². The summed E-state index contributed by atoms with van der Waals surface area (Å²) in [6, 6.07) is 9.62. The molecule has 1 aliphatic carbocycles. The maximum atomic E-state index is 12.1. The molecule has 0 saturated heterocycles. The topological polar surface area (TPSA) is 82.7 Å². The highest BCUT2D eigenvalue weighted by Gasteiger charge is 2.22. The van der Waals surface area contributed by atoms with Crippen molar-refractivity contribution in [2.45, 2.75) is 44.8 Å². The third kappa shape index (κ3) is 5.24. The molecule has 1 aromatic carbocycles. The van der Waals surface area contributed by atoms with Crippen molar-refractivity contribution >= 4 is 17.6 Å². The normalized spacial score (nSPS) is 19.5. The molecule has 1 saturated carbocycles. The van der Waals surface area contributed by atoms with Crippen LogP contribution in [0, 0.1) is 17.2 Å². The van der Waals surface area contributed by atoms with Crippen LogP contribution in [-0.2, 0) is 13.1 Å². The van der Waals surface area contributed by atoms with E-state index in [1.54, 1.807) is 12.4 Å². The summed E-state index contributed by atoms with van der Waals surface area (Å²) < 4.78 is 1.84. The van der Waals surface area contributed by atoms with Gasteiger partial charge < -0.3 is 10.6 Å². The minimum Gasteiger partial charge on any atom is -0.335 e. The number of carbonyl (C=O) groups is 1. The second kappa shape index (κ2) is 8.72. The first-order valence-corrected chi connectivity index (χ1v) is 9.21. The van der Waals surface area contributed by atoms with Crippen LogP contribution >= 0.6 is 11.6 Å². The molecule has 0 aliphatic heterocycles. The molecule has 1 aliphatic rings. The number of urea groups is 1. The molecule has 0 unspecified atom stereocenters. The maximum absolute atomic E-state index is 12.1. The second-order valence-corrected chi connectivity index (χ2v) is 7.17. The standard InChI is InChI=1S/C19H22ClN5O/c20-17-5-1-14(2-6-17)10-22-19(26)24-18-7-3-15(4-8-18)12-25-13-16(9-21)11-23-25/h1-2,5-6,11,13,15,18H,3-4,7-8,10,12H2,(H2,22,24,26). The fourth-order valence-electron chi connectivity index (χ4n) is 3.30. The van der Waals surface area contributed by atoms with Crippen molar-refractivity contribution in [1.82, 2.24) is 20.4 Å². The molecule has 2 aromatic rings. The number of hydrogen-bond donors (Lipinski definition) is 2. The van der Waals surface area contributed by atoms with E-state index in [4.69, 9.17) is 16.9 Å².